The molecule has 2 atom stereocenters. The van der Waals surface area contributed by atoms with Gasteiger partial charge in [-0.2, -0.15) is 0 Å². The number of hydrogen-bond donors (Lipinski definition) is 1. The summed E-state index contributed by atoms with van der Waals surface area (Å²) in [6.07, 6.45) is 4.36. The molecule has 0 heterocycles. The number of nitrogens with two attached hydrogens (primary N) is 1. The zero-order valence-corrected chi connectivity index (χ0v) is 10.4. The molecule has 15 heavy (non-hydrogen) atoms. The molecular weight excluding hydrogens is 188 g/mol. The summed E-state index contributed by atoms with van der Waals surface area (Å²) in [6.45, 7) is 6.10. The Morgan fingerprint density at radius 3 is 2.53 bits per heavy atom. The molecule has 1 aliphatic carbocycles. The topological polar surface area (TPSA) is 46.3 Å². The molecule has 0 bridgehead atoms. The van der Waals surface area contributed by atoms with E-state index in [1.807, 2.05) is 18.9 Å². The van der Waals surface area contributed by atoms with Crippen molar-refractivity contribution in [1.82, 2.24) is 4.90 Å². The van der Waals surface area contributed by atoms with Crippen LogP contribution in [0.3, 0.4) is 0 Å². The van der Waals surface area contributed by atoms with Crippen LogP contribution < -0.4 is 5.73 Å². The highest BCUT2D eigenvalue weighted by Crippen LogP contribution is 2.39. The van der Waals surface area contributed by atoms with E-state index in [-0.39, 0.29) is 5.91 Å². The summed E-state index contributed by atoms with van der Waals surface area (Å²) in [5, 5.41) is 0. The molecule has 0 spiro atoms. The molecule has 88 valence electrons. The van der Waals surface area contributed by atoms with Gasteiger partial charge in [-0.15, -0.1) is 0 Å². The number of likely N-dealkylation sites (N-methyl/N-ethyl adjacent to an activating group) is 1. The van der Waals surface area contributed by atoms with Crippen LogP contribution in [0.25, 0.3) is 0 Å². The first kappa shape index (κ1) is 12.5. The largest absolute Gasteiger partial charge is 0.341 e. The van der Waals surface area contributed by atoms with Crippen LogP contribution >= 0.6 is 0 Å². The molecular formula is C12H24N2O. The SMILES string of the molecule is CCCC(C)N(C)C(=O)C(C)(N)C1CC1. The maximum absolute atomic E-state index is 12.2. The molecule has 0 aromatic heterocycles. The van der Waals surface area contributed by atoms with Crippen LogP contribution in [0, 0.1) is 5.92 Å². The van der Waals surface area contributed by atoms with Crippen molar-refractivity contribution in [2.75, 3.05) is 7.05 Å². The second-order valence-corrected chi connectivity index (χ2v) is 5.11. The van der Waals surface area contributed by atoms with Gasteiger partial charge in [-0.05, 0) is 39.0 Å². The molecule has 3 nitrogen and oxygen atoms in total. The van der Waals surface area contributed by atoms with E-state index in [1.54, 1.807) is 0 Å². The fourth-order valence-electron chi connectivity index (χ4n) is 2.05. The van der Waals surface area contributed by atoms with Gasteiger partial charge in [0.15, 0.2) is 0 Å². The Hall–Kier alpha value is -0.570. The molecule has 1 aliphatic rings. The van der Waals surface area contributed by atoms with Gasteiger partial charge >= 0.3 is 0 Å². The Kier molecular flexibility index (Phi) is 3.77. The van der Waals surface area contributed by atoms with E-state index < -0.39 is 5.54 Å². The van der Waals surface area contributed by atoms with Crippen LogP contribution in [0.2, 0.25) is 0 Å². The number of amides is 1. The molecule has 2 N–H and O–H groups in total. The van der Waals surface area contributed by atoms with Crippen molar-refractivity contribution in [3.63, 3.8) is 0 Å². The van der Waals surface area contributed by atoms with Crippen LogP contribution in [0.15, 0.2) is 0 Å². The third-order valence-electron chi connectivity index (χ3n) is 3.57. The zero-order chi connectivity index (χ0) is 11.6. The highest BCUT2D eigenvalue weighted by Gasteiger charge is 2.45. The normalized spacial score (nSPS) is 21.9. The van der Waals surface area contributed by atoms with Crippen molar-refractivity contribution >= 4 is 5.91 Å². The number of nitrogens with zero attached hydrogens (tertiary/aromatic N) is 1. The quantitative estimate of drug-likeness (QED) is 0.755. The second kappa shape index (κ2) is 4.52. The smallest absolute Gasteiger partial charge is 0.242 e. The predicted molar refractivity (Wildman–Crippen MR) is 62.5 cm³/mol. The summed E-state index contributed by atoms with van der Waals surface area (Å²) in [5.74, 6) is 0.507. The first-order valence-corrected chi connectivity index (χ1v) is 5.97. The lowest BCUT2D eigenvalue weighted by atomic mass is 9.94. The molecule has 1 saturated carbocycles. The first-order chi connectivity index (χ1) is 6.91. The molecule has 2 unspecified atom stereocenters. The maximum Gasteiger partial charge on any atom is 0.242 e. The monoisotopic (exact) mass is 212 g/mol. The minimum Gasteiger partial charge on any atom is -0.341 e. The third kappa shape index (κ3) is 2.71. The van der Waals surface area contributed by atoms with E-state index in [9.17, 15) is 4.79 Å². The summed E-state index contributed by atoms with van der Waals surface area (Å²) in [7, 11) is 1.87. The molecule has 1 fully saturated rings. The Labute approximate surface area is 93.0 Å². The highest BCUT2D eigenvalue weighted by atomic mass is 16.2. The summed E-state index contributed by atoms with van der Waals surface area (Å²) in [6, 6.07) is 0.295. The number of carbonyl (C=O) groups is 1. The van der Waals surface area contributed by atoms with E-state index in [2.05, 4.69) is 13.8 Å². The van der Waals surface area contributed by atoms with Crippen molar-refractivity contribution in [2.24, 2.45) is 11.7 Å². The molecule has 0 aromatic carbocycles. The fraction of sp³-hybridized carbons (Fsp3) is 0.917. The van der Waals surface area contributed by atoms with Crippen molar-refractivity contribution in [3.8, 4) is 0 Å². The van der Waals surface area contributed by atoms with E-state index in [4.69, 9.17) is 5.73 Å². The van der Waals surface area contributed by atoms with E-state index in [1.165, 1.54) is 0 Å². The molecule has 0 aliphatic heterocycles. The molecule has 0 saturated heterocycles. The Morgan fingerprint density at radius 1 is 1.60 bits per heavy atom. The average Bonchev–Trinajstić information content (AvgIpc) is 2.99. The molecule has 1 rings (SSSR count). The standard InChI is InChI=1S/C12H24N2O/c1-5-6-9(2)14(4)11(15)12(3,13)10-7-8-10/h9-10H,5-8,13H2,1-4H3. The third-order valence-corrected chi connectivity index (χ3v) is 3.57. The van der Waals surface area contributed by atoms with Crippen LogP contribution in [0.5, 0.6) is 0 Å². The van der Waals surface area contributed by atoms with Gasteiger partial charge in [0.1, 0.15) is 0 Å². The van der Waals surface area contributed by atoms with Gasteiger partial charge in [0, 0.05) is 13.1 Å². The number of rotatable bonds is 5. The van der Waals surface area contributed by atoms with Crippen molar-refractivity contribution < 1.29 is 4.79 Å². The van der Waals surface area contributed by atoms with Crippen LogP contribution in [-0.4, -0.2) is 29.4 Å². The van der Waals surface area contributed by atoms with Gasteiger partial charge in [0.05, 0.1) is 5.54 Å². The minimum atomic E-state index is -0.642. The predicted octanol–water partition coefficient (Wildman–Crippen LogP) is 1.76. The van der Waals surface area contributed by atoms with Crippen molar-refractivity contribution in [2.45, 2.75) is 58.0 Å². The lowest BCUT2D eigenvalue weighted by Gasteiger charge is -2.33. The van der Waals surface area contributed by atoms with Gasteiger partial charge in [-0.25, -0.2) is 0 Å². The maximum atomic E-state index is 12.2. The summed E-state index contributed by atoms with van der Waals surface area (Å²) >= 11 is 0. The van der Waals surface area contributed by atoms with Crippen LogP contribution in [0.1, 0.15) is 46.5 Å². The van der Waals surface area contributed by atoms with E-state index in [0.29, 0.717) is 12.0 Å². The summed E-state index contributed by atoms with van der Waals surface area (Å²) in [4.78, 5) is 14.0. The second-order valence-electron chi connectivity index (χ2n) is 5.11. The summed E-state index contributed by atoms with van der Waals surface area (Å²) in [5.41, 5.74) is 5.47. The van der Waals surface area contributed by atoms with Crippen molar-refractivity contribution in [1.29, 1.82) is 0 Å². The Bertz CT molecular complexity index is 234. The van der Waals surface area contributed by atoms with Gasteiger partial charge in [-0.1, -0.05) is 13.3 Å². The number of hydrogen-bond acceptors (Lipinski definition) is 2. The molecule has 3 heteroatoms. The van der Waals surface area contributed by atoms with Gasteiger partial charge in [0.2, 0.25) is 5.91 Å². The Morgan fingerprint density at radius 2 is 2.13 bits per heavy atom. The van der Waals surface area contributed by atoms with Crippen LogP contribution in [-0.2, 0) is 4.79 Å². The lowest BCUT2D eigenvalue weighted by Crippen LogP contribution is -2.55. The molecule has 0 radical (unpaired) electrons. The number of carbonyl (C=O) groups excluding carboxylic acids is 1. The lowest BCUT2D eigenvalue weighted by molar-refractivity contribution is -0.137. The highest BCUT2D eigenvalue weighted by molar-refractivity contribution is 5.86. The van der Waals surface area contributed by atoms with Crippen molar-refractivity contribution in [3.05, 3.63) is 0 Å². The van der Waals surface area contributed by atoms with Gasteiger partial charge < -0.3 is 10.6 Å². The minimum absolute atomic E-state index is 0.103. The average molecular weight is 212 g/mol. The van der Waals surface area contributed by atoms with Crippen LogP contribution in [0.4, 0.5) is 0 Å². The van der Waals surface area contributed by atoms with Gasteiger partial charge in [-0.3, -0.25) is 4.79 Å². The fourth-order valence-corrected chi connectivity index (χ4v) is 2.05. The van der Waals surface area contributed by atoms with Gasteiger partial charge in [0.25, 0.3) is 0 Å². The molecule has 0 aromatic rings. The molecule has 1 amide bonds. The first-order valence-electron chi connectivity index (χ1n) is 5.97. The van der Waals surface area contributed by atoms with E-state index in [0.717, 1.165) is 25.7 Å². The van der Waals surface area contributed by atoms with E-state index >= 15 is 0 Å². The zero-order valence-electron chi connectivity index (χ0n) is 10.4. The Balaban J connectivity index is 2.58. The summed E-state index contributed by atoms with van der Waals surface area (Å²) < 4.78 is 0.